The Morgan fingerprint density at radius 1 is 1.55 bits per heavy atom. The maximum Gasteiger partial charge on any atom is 0.130 e. The van der Waals surface area contributed by atoms with Crippen LogP contribution in [0.1, 0.15) is 24.5 Å². The average Bonchev–Trinajstić information content (AvgIpc) is 2.42. The minimum absolute atomic E-state index is 0.00983. The highest BCUT2D eigenvalue weighted by molar-refractivity contribution is 5.97. The number of nitrogens with zero attached hydrogens (tertiary/aromatic N) is 1. The van der Waals surface area contributed by atoms with Gasteiger partial charge in [-0.3, -0.25) is 10.3 Å². The van der Waals surface area contributed by atoms with Gasteiger partial charge in [-0.2, -0.15) is 0 Å². The molecule has 1 aliphatic heterocycles. The molecule has 0 radical (unpaired) electrons. The Morgan fingerprint density at radius 3 is 2.90 bits per heavy atom. The van der Waals surface area contributed by atoms with E-state index in [-0.39, 0.29) is 11.9 Å². The van der Waals surface area contributed by atoms with E-state index in [1.807, 2.05) is 18.2 Å². The molecule has 0 aromatic heterocycles. The van der Waals surface area contributed by atoms with E-state index in [1.165, 1.54) is 0 Å². The molecule has 5 heteroatoms. The largest absolute Gasteiger partial charge is 0.496 e. The Balaban J connectivity index is 2.08. The number of methoxy groups -OCH3 is 1. The Bertz CT molecular complexity index is 490. The summed E-state index contributed by atoms with van der Waals surface area (Å²) in [5.41, 5.74) is 7.24. The number of amidine groups is 1. The van der Waals surface area contributed by atoms with Crippen LogP contribution in [0.3, 0.4) is 0 Å². The monoisotopic (exact) mass is 277 g/mol. The van der Waals surface area contributed by atoms with Crippen LogP contribution in [0.2, 0.25) is 0 Å². The second-order valence-electron chi connectivity index (χ2n) is 5.52. The van der Waals surface area contributed by atoms with Gasteiger partial charge in [0.05, 0.1) is 18.8 Å². The number of piperidine rings is 1. The Hall–Kier alpha value is -1.59. The lowest BCUT2D eigenvalue weighted by Gasteiger charge is -2.34. The van der Waals surface area contributed by atoms with Gasteiger partial charge in [-0.05, 0) is 36.6 Å². The minimum Gasteiger partial charge on any atom is -0.496 e. The fraction of sp³-hybridized carbons (Fsp3) is 0.533. The summed E-state index contributed by atoms with van der Waals surface area (Å²) in [6.07, 6.45) is 0.770. The highest BCUT2D eigenvalue weighted by Crippen LogP contribution is 2.23. The highest BCUT2D eigenvalue weighted by Gasteiger charge is 2.24. The summed E-state index contributed by atoms with van der Waals surface area (Å²) in [5.74, 6) is 1.01. The summed E-state index contributed by atoms with van der Waals surface area (Å²) >= 11 is 0. The quantitative estimate of drug-likeness (QED) is 0.570. The van der Waals surface area contributed by atoms with Crippen LogP contribution in [0.4, 0.5) is 0 Å². The van der Waals surface area contributed by atoms with Gasteiger partial charge in [0.2, 0.25) is 0 Å². The molecule has 1 aromatic rings. The first-order valence-corrected chi connectivity index (χ1v) is 6.93. The number of ether oxygens (including phenoxy) is 1. The molecule has 0 aliphatic carbocycles. The first-order chi connectivity index (χ1) is 9.51. The van der Waals surface area contributed by atoms with Gasteiger partial charge in [-0.15, -0.1) is 0 Å². The fourth-order valence-electron chi connectivity index (χ4n) is 2.57. The van der Waals surface area contributed by atoms with Crippen molar-refractivity contribution in [3.63, 3.8) is 0 Å². The van der Waals surface area contributed by atoms with E-state index in [4.69, 9.17) is 15.9 Å². The predicted molar refractivity (Wildman–Crippen MR) is 79.1 cm³/mol. The molecule has 0 amide bonds. The molecule has 1 aliphatic rings. The Kier molecular flexibility index (Phi) is 4.62. The van der Waals surface area contributed by atoms with Gasteiger partial charge >= 0.3 is 0 Å². The van der Waals surface area contributed by atoms with E-state index in [1.54, 1.807) is 7.11 Å². The van der Waals surface area contributed by atoms with Crippen molar-refractivity contribution in [1.82, 2.24) is 4.90 Å². The fourth-order valence-corrected chi connectivity index (χ4v) is 2.57. The molecule has 2 rings (SSSR count). The van der Waals surface area contributed by atoms with Gasteiger partial charge in [0.25, 0.3) is 0 Å². The van der Waals surface area contributed by atoms with Crippen molar-refractivity contribution in [2.75, 3.05) is 20.2 Å². The molecule has 2 atom stereocenters. The van der Waals surface area contributed by atoms with Crippen LogP contribution < -0.4 is 10.5 Å². The highest BCUT2D eigenvalue weighted by atomic mass is 16.5. The van der Waals surface area contributed by atoms with Crippen LogP contribution in [0.15, 0.2) is 18.2 Å². The normalized spacial score (nSPS) is 23.6. The molecule has 20 heavy (non-hydrogen) atoms. The lowest BCUT2D eigenvalue weighted by atomic mass is 9.95. The molecule has 1 aromatic carbocycles. The number of benzene rings is 1. The zero-order valence-corrected chi connectivity index (χ0v) is 12.1. The molecule has 4 N–H and O–H groups in total. The van der Waals surface area contributed by atoms with Crippen molar-refractivity contribution < 1.29 is 9.84 Å². The van der Waals surface area contributed by atoms with Gasteiger partial charge < -0.3 is 15.6 Å². The van der Waals surface area contributed by atoms with E-state index >= 15 is 0 Å². The number of hydrogen-bond donors (Lipinski definition) is 3. The lowest BCUT2D eigenvalue weighted by Crippen LogP contribution is -2.42. The number of aliphatic hydroxyl groups is 1. The number of rotatable bonds is 4. The lowest BCUT2D eigenvalue weighted by molar-refractivity contribution is 0.0259. The molecule has 0 saturated carbocycles. The van der Waals surface area contributed by atoms with Crippen LogP contribution in [-0.2, 0) is 6.54 Å². The third-order valence-electron chi connectivity index (χ3n) is 3.97. The predicted octanol–water partition coefficient (Wildman–Crippen LogP) is 1.18. The molecule has 1 saturated heterocycles. The maximum absolute atomic E-state index is 9.93. The Morgan fingerprint density at radius 2 is 2.30 bits per heavy atom. The molecule has 5 nitrogen and oxygen atoms in total. The van der Waals surface area contributed by atoms with Crippen LogP contribution in [0.5, 0.6) is 5.75 Å². The second-order valence-corrected chi connectivity index (χ2v) is 5.52. The smallest absolute Gasteiger partial charge is 0.130 e. The number of nitrogen functional groups attached to an aromatic ring is 1. The van der Waals surface area contributed by atoms with Gasteiger partial charge in [-0.1, -0.05) is 13.0 Å². The standard InChI is InChI=1S/C15H23N3O2/c1-10-5-6-18(9-13(10)19)8-11-3-4-12(15(16)17)14(7-11)20-2/h3-4,7,10,13,19H,5-6,8-9H2,1-2H3,(H3,16,17). The molecule has 2 unspecified atom stereocenters. The molecule has 1 heterocycles. The SMILES string of the molecule is COc1cc(CN2CCC(C)C(O)C2)ccc1C(=N)N. The number of hydrogen-bond acceptors (Lipinski definition) is 4. The summed E-state index contributed by atoms with van der Waals surface area (Å²) in [6.45, 7) is 4.57. The van der Waals surface area contributed by atoms with E-state index in [0.717, 1.165) is 25.1 Å². The van der Waals surface area contributed by atoms with E-state index < -0.39 is 0 Å². The summed E-state index contributed by atoms with van der Waals surface area (Å²) in [4.78, 5) is 2.24. The minimum atomic E-state index is -0.248. The Labute approximate surface area is 119 Å². The number of nitrogens with one attached hydrogen (secondary N) is 1. The van der Waals surface area contributed by atoms with Crippen LogP contribution in [0, 0.1) is 11.3 Å². The van der Waals surface area contributed by atoms with E-state index in [2.05, 4.69) is 11.8 Å². The maximum atomic E-state index is 9.93. The average molecular weight is 277 g/mol. The van der Waals surface area contributed by atoms with Crippen molar-refractivity contribution in [3.8, 4) is 5.75 Å². The third kappa shape index (κ3) is 3.29. The first-order valence-electron chi connectivity index (χ1n) is 6.93. The molecular formula is C15H23N3O2. The zero-order chi connectivity index (χ0) is 14.7. The summed E-state index contributed by atoms with van der Waals surface area (Å²) in [5, 5.41) is 17.4. The first kappa shape index (κ1) is 14.8. The number of nitrogens with two attached hydrogens (primary N) is 1. The molecule has 110 valence electrons. The van der Waals surface area contributed by atoms with Gasteiger partial charge in [0.15, 0.2) is 0 Å². The van der Waals surface area contributed by atoms with Crippen LogP contribution >= 0.6 is 0 Å². The van der Waals surface area contributed by atoms with Crippen molar-refractivity contribution in [3.05, 3.63) is 29.3 Å². The molecular weight excluding hydrogens is 254 g/mol. The molecule has 1 fully saturated rings. The zero-order valence-electron chi connectivity index (χ0n) is 12.1. The van der Waals surface area contributed by atoms with Crippen molar-refractivity contribution >= 4 is 5.84 Å². The number of β-amino-alcohol motifs (C(OH)–C–C–N with tert-alkyl or cyclic N) is 1. The molecule has 0 bridgehead atoms. The van der Waals surface area contributed by atoms with E-state index in [9.17, 15) is 5.11 Å². The summed E-state index contributed by atoms with van der Waals surface area (Å²) in [6, 6.07) is 5.70. The van der Waals surface area contributed by atoms with Crippen LogP contribution in [0.25, 0.3) is 0 Å². The van der Waals surface area contributed by atoms with Crippen LogP contribution in [-0.4, -0.2) is 42.1 Å². The van der Waals surface area contributed by atoms with Crippen molar-refractivity contribution in [2.24, 2.45) is 11.7 Å². The second kappa shape index (κ2) is 6.24. The van der Waals surface area contributed by atoms with E-state index in [0.29, 0.717) is 23.8 Å². The topological polar surface area (TPSA) is 82.6 Å². The summed E-state index contributed by atoms with van der Waals surface area (Å²) in [7, 11) is 1.58. The number of aliphatic hydroxyl groups excluding tert-OH is 1. The molecule has 0 spiro atoms. The van der Waals surface area contributed by atoms with Gasteiger partial charge in [0, 0.05) is 13.1 Å². The van der Waals surface area contributed by atoms with Crippen molar-refractivity contribution in [1.29, 1.82) is 5.41 Å². The van der Waals surface area contributed by atoms with Gasteiger partial charge in [-0.25, -0.2) is 0 Å². The van der Waals surface area contributed by atoms with Crippen molar-refractivity contribution in [2.45, 2.75) is 26.0 Å². The third-order valence-corrected chi connectivity index (χ3v) is 3.97. The summed E-state index contributed by atoms with van der Waals surface area (Å²) < 4.78 is 5.29. The van der Waals surface area contributed by atoms with Gasteiger partial charge in [0.1, 0.15) is 11.6 Å². The number of likely N-dealkylation sites (tertiary alicyclic amines) is 1.